The first-order valence-electron chi connectivity index (χ1n) is 6.13. The van der Waals surface area contributed by atoms with Crippen molar-refractivity contribution < 1.29 is 14.3 Å². The molecule has 17 heavy (non-hydrogen) atoms. The standard InChI is InChI=1S/C12H22N2O3/c1-4-17-12(16)10-6-5-7-14(8-10)11(15)9-13(2)3/h10H,4-9H2,1-3H3. The quantitative estimate of drug-likeness (QED) is 0.667. The van der Waals surface area contributed by atoms with E-state index in [-0.39, 0.29) is 17.8 Å². The zero-order valence-electron chi connectivity index (χ0n) is 10.9. The van der Waals surface area contributed by atoms with Crippen LogP contribution in [0.3, 0.4) is 0 Å². The van der Waals surface area contributed by atoms with Gasteiger partial charge in [0.2, 0.25) is 5.91 Å². The minimum atomic E-state index is -0.171. The molecule has 0 spiro atoms. The molecule has 0 aliphatic carbocycles. The molecule has 1 aliphatic rings. The van der Waals surface area contributed by atoms with Crippen molar-refractivity contribution in [1.29, 1.82) is 0 Å². The Labute approximate surface area is 103 Å². The van der Waals surface area contributed by atoms with Gasteiger partial charge in [0, 0.05) is 13.1 Å². The Balaban J connectivity index is 2.48. The Morgan fingerprint density at radius 1 is 1.41 bits per heavy atom. The molecular weight excluding hydrogens is 220 g/mol. The molecule has 1 rings (SSSR count). The van der Waals surface area contributed by atoms with Crippen molar-refractivity contribution in [2.75, 3.05) is 40.3 Å². The van der Waals surface area contributed by atoms with Crippen LogP contribution in [-0.4, -0.2) is 62.0 Å². The highest BCUT2D eigenvalue weighted by molar-refractivity contribution is 5.80. The number of carbonyl (C=O) groups excluding carboxylic acids is 2. The first-order valence-corrected chi connectivity index (χ1v) is 6.13. The van der Waals surface area contributed by atoms with Gasteiger partial charge < -0.3 is 14.5 Å². The molecule has 1 aliphatic heterocycles. The molecule has 1 amide bonds. The van der Waals surface area contributed by atoms with E-state index in [0.717, 1.165) is 19.4 Å². The topological polar surface area (TPSA) is 49.9 Å². The van der Waals surface area contributed by atoms with Crippen molar-refractivity contribution >= 4 is 11.9 Å². The summed E-state index contributed by atoms with van der Waals surface area (Å²) in [7, 11) is 3.73. The number of nitrogens with zero attached hydrogens (tertiary/aromatic N) is 2. The van der Waals surface area contributed by atoms with E-state index in [0.29, 0.717) is 19.7 Å². The van der Waals surface area contributed by atoms with E-state index in [1.807, 2.05) is 19.0 Å². The molecule has 1 saturated heterocycles. The lowest BCUT2D eigenvalue weighted by molar-refractivity contribution is -0.151. The predicted molar refractivity (Wildman–Crippen MR) is 64.5 cm³/mol. The smallest absolute Gasteiger partial charge is 0.310 e. The van der Waals surface area contributed by atoms with Gasteiger partial charge in [-0.05, 0) is 33.9 Å². The minimum absolute atomic E-state index is 0.0870. The Hall–Kier alpha value is -1.10. The fourth-order valence-electron chi connectivity index (χ4n) is 2.03. The van der Waals surface area contributed by atoms with Gasteiger partial charge in [-0.1, -0.05) is 0 Å². The monoisotopic (exact) mass is 242 g/mol. The molecule has 98 valence electrons. The van der Waals surface area contributed by atoms with Crippen molar-refractivity contribution in [2.45, 2.75) is 19.8 Å². The SMILES string of the molecule is CCOC(=O)C1CCCN(C(=O)CN(C)C)C1. The average molecular weight is 242 g/mol. The highest BCUT2D eigenvalue weighted by atomic mass is 16.5. The fourth-order valence-corrected chi connectivity index (χ4v) is 2.03. The number of hydrogen-bond donors (Lipinski definition) is 0. The summed E-state index contributed by atoms with van der Waals surface area (Å²) >= 11 is 0. The molecule has 0 N–H and O–H groups in total. The predicted octanol–water partition coefficient (Wildman–Crippen LogP) is 0.350. The van der Waals surface area contributed by atoms with Gasteiger partial charge in [-0.25, -0.2) is 0 Å². The fraction of sp³-hybridized carbons (Fsp3) is 0.833. The molecule has 5 heteroatoms. The van der Waals surface area contributed by atoms with Crippen LogP contribution in [0.15, 0.2) is 0 Å². The number of carbonyl (C=O) groups is 2. The maximum Gasteiger partial charge on any atom is 0.310 e. The van der Waals surface area contributed by atoms with Crippen LogP contribution in [0, 0.1) is 5.92 Å². The van der Waals surface area contributed by atoms with Crippen LogP contribution in [0.5, 0.6) is 0 Å². The van der Waals surface area contributed by atoms with Crippen molar-refractivity contribution in [3.63, 3.8) is 0 Å². The average Bonchev–Trinajstić information content (AvgIpc) is 2.28. The van der Waals surface area contributed by atoms with Gasteiger partial charge in [0.05, 0.1) is 19.1 Å². The second kappa shape index (κ2) is 6.59. The summed E-state index contributed by atoms with van der Waals surface area (Å²) in [4.78, 5) is 27.1. The molecule has 5 nitrogen and oxygen atoms in total. The maximum atomic E-state index is 11.9. The molecule has 1 unspecified atom stereocenters. The van der Waals surface area contributed by atoms with Crippen molar-refractivity contribution in [3.05, 3.63) is 0 Å². The van der Waals surface area contributed by atoms with Crippen LogP contribution in [0.2, 0.25) is 0 Å². The van der Waals surface area contributed by atoms with Crippen LogP contribution in [0.1, 0.15) is 19.8 Å². The lowest BCUT2D eigenvalue weighted by Gasteiger charge is -2.32. The van der Waals surface area contributed by atoms with Gasteiger partial charge in [0.25, 0.3) is 0 Å². The largest absolute Gasteiger partial charge is 0.466 e. The number of ether oxygens (including phenoxy) is 1. The summed E-state index contributed by atoms with van der Waals surface area (Å²) in [6.45, 7) is 3.86. The Kier molecular flexibility index (Phi) is 5.41. The zero-order valence-corrected chi connectivity index (χ0v) is 10.9. The zero-order chi connectivity index (χ0) is 12.8. The highest BCUT2D eigenvalue weighted by Crippen LogP contribution is 2.18. The molecule has 1 fully saturated rings. The molecule has 0 aromatic heterocycles. The van der Waals surface area contributed by atoms with Crippen LogP contribution in [0.25, 0.3) is 0 Å². The van der Waals surface area contributed by atoms with Gasteiger partial charge in [0.1, 0.15) is 0 Å². The molecule has 0 aromatic carbocycles. The molecule has 0 aromatic rings. The van der Waals surface area contributed by atoms with Crippen LogP contribution in [-0.2, 0) is 14.3 Å². The minimum Gasteiger partial charge on any atom is -0.466 e. The van der Waals surface area contributed by atoms with E-state index in [9.17, 15) is 9.59 Å². The summed E-state index contributed by atoms with van der Waals surface area (Å²) in [6, 6.07) is 0. The normalized spacial score (nSPS) is 20.5. The third-order valence-corrected chi connectivity index (χ3v) is 2.85. The van der Waals surface area contributed by atoms with E-state index in [1.165, 1.54) is 0 Å². The van der Waals surface area contributed by atoms with Crippen LogP contribution < -0.4 is 0 Å². The van der Waals surface area contributed by atoms with E-state index >= 15 is 0 Å². The first-order chi connectivity index (χ1) is 8.04. The summed E-state index contributed by atoms with van der Waals surface area (Å²) in [5.41, 5.74) is 0. The van der Waals surface area contributed by atoms with Crippen LogP contribution in [0.4, 0.5) is 0 Å². The molecule has 1 atom stereocenters. The maximum absolute atomic E-state index is 11.9. The molecule has 0 saturated carbocycles. The van der Waals surface area contributed by atoms with E-state index in [4.69, 9.17) is 4.74 Å². The third kappa shape index (κ3) is 4.34. The van der Waals surface area contributed by atoms with Gasteiger partial charge in [-0.2, -0.15) is 0 Å². The number of amides is 1. The van der Waals surface area contributed by atoms with Crippen molar-refractivity contribution in [3.8, 4) is 0 Å². The highest BCUT2D eigenvalue weighted by Gasteiger charge is 2.29. The second-order valence-electron chi connectivity index (χ2n) is 4.67. The molecule has 1 heterocycles. The number of likely N-dealkylation sites (N-methyl/N-ethyl adjacent to an activating group) is 1. The van der Waals surface area contributed by atoms with E-state index in [2.05, 4.69) is 0 Å². The van der Waals surface area contributed by atoms with E-state index < -0.39 is 0 Å². The number of esters is 1. The molecule has 0 radical (unpaired) electrons. The van der Waals surface area contributed by atoms with Crippen molar-refractivity contribution in [2.24, 2.45) is 5.92 Å². The Bertz CT molecular complexity index is 279. The lowest BCUT2D eigenvalue weighted by Crippen LogP contribution is -2.45. The van der Waals surface area contributed by atoms with Gasteiger partial charge in [-0.3, -0.25) is 9.59 Å². The Morgan fingerprint density at radius 2 is 2.12 bits per heavy atom. The third-order valence-electron chi connectivity index (χ3n) is 2.85. The summed E-state index contributed by atoms with van der Waals surface area (Å²) in [5.74, 6) is -0.228. The summed E-state index contributed by atoms with van der Waals surface area (Å²) in [6.07, 6.45) is 1.70. The van der Waals surface area contributed by atoms with Crippen LogP contribution >= 0.6 is 0 Å². The van der Waals surface area contributed by atoms with Gasteiger partial charge >= 0.3 is 5.97 Å². The number of hydrogen-bond acceptors (Lipinski definition) is 4. The lowest BCUT2D eigenvalue weighted by atomic mass is 9.98. The summed E-state index contributed by atoms with van der Waals surface area (Å²) < 4.78 is 5.00. The van der Waals surface area contributed by atoms with Crippen molar-refractivity contribution in [1.82, 2.24) is 9.80 Å². The molecular formula is C12H22N2O3. The van der Waals surface area contributed by atoms with E-state index in [1.54, 1.807) is 11.8 Å². The number of rotatable bonds is 4. The second-order valence-corrected chi connectivity index (χ2v) is 4.67. The van der Waals surface area contributed by atoms with Gasteiger partial charge in [-0.15, -0.1) is 0 Å². The first kappa shape index (κ1) is 14.0. The number of likely N-dealkylation sites (tertiary alicyclic amines) is 1. The number of piperidine rings is 1. The molecule has 0 bridgehead atoms. The summed E-state index contributed by atoms with van der Waals surface area (Å²) in [5, 5.41) is 0. The van der Waals surface area contributed by atoms with Gasteiger partial charge in [0.15, 0.2) is 0 Å². The Morgan fingerprint density at radius 3 is 2.71 bits per heavy atom.